The first-order chi connectivity index (χ1) is 13.4. The van der Waals surface area contributed by atoms with E-state index >= 15 is 0 Å². The smallest absolute Gasteiger partial charge is 1.00 e. The molecule has 34 heavy (non-hydrogen) atoms. The summed E-state index contributed by atoms with van der Waals surface area (Å²) >= 11 is 0. The Kier molecular flexibility index (Phi) is 42.9. The summed E-state index contributed by atoms with van der Waals surface area (Å²) in [4.78, 5) is 58.4. The van der Waals surface area contributed by atoms with Crippen LogP contribution in [0.2, 0.25) is 0 Å². The minimum absolute atomic E-state index is 0. The van der Waals surface area contributed by atoms with E-state index in [1.807, 2.05) is 0 Å². The van der Waals surface area contributed by atoms with Crippen molar-refractivity contribution in [2.75, 3.05) is 0 Å². The van der Waals surface area contributed by atoms with Crippen LogP contribution in [-0.4, -0.2) is 124 Å². The molecule has 22 heteroatoms. The fourth-order valence-corrected chi connectivity index (χ4v) is 0.798. The zero-order valence-corrected chi connectivity index (χ0v) is 28.4. The van der Waals surface area contributed by atoms with E-state index in [2.05, 4.69) is 0 Å². The molecule has 0 aromatic rings. The summed E-state index contributed by atoms with van der Waals surface area (Å²) in [6, 6.07) is 0. The van der Waals surface area contributed by atoms with Gasteiger partial charge in [-0.05, 0) is 0 Å². The number of carboxylic acid groups (broad SMARTS) is 6. The topological polar surface area (TPSA) is 351 Å². The van der Waals surface area contributed by atoms with Crippen molar-refractivity contribution in [2.45, 2.75) is 36.6 Å². The van der Waals surface area contributed by atoms with Gasteiger partial charge < -0.3 is 73.7 Å². The molecule has 6 unspecified atom stereocenters. The van der Waals surface area contributed by atoms with Gasteiger partial charge in [-0.2, -0.15) is 0 Å². The Hall–Kier alpha value is 1.85. The molecule has 0 saturated carbocycles. The molecule has 0 amide bonds. The van der Waals surface area contributed by atoms with Gasteiger partial charge >= 0.3 is 186 Å². The molecule has 10 N–H and O–H groups in total. The van der Waals surface area contributed by atoms with Gasteiger partial charge in [-0.25, -0.2) is 19.2 Å². The molecule has 0 aliphatic rings. The number of aliphatic carboxylic acids is 6. The van der Waals surface area contributed by atoms with Crippen molar-refractivity contribution in [3.8, 4) is 0 Å². The van der Waals surface area contributed by atoms with Crippen LogP contribution in [0.3, 0.4) is 0 Å². The zero-order chi connectivity index (χ0) is 24.9. The molecule has 0 bridgehead atoms. The van der Waals surface area contributed by atoms with Gasteiger partial charge in [-0.1, -0.05) is 0 Å². The van der Waals surface area contributed by atoms with Crippen LogP contribution in [0.25, 0.3) is 0 Å². The number of carbonyl (C=O) groups is 6. The standard InChI is InChI=1S/3C4H6O6.2K.2Na.2H/c3*5-1(3(7)8)2(6)4(9)10;;;;;;/h3*1-2,5-6H,(H,7,8)(H,9,10);;;;;;/q;;;4*+1;2*-1/p-2. The van der Waals surface area contributed by atoms with E-state index in [-0.39, 0.29) is 165 Å². The molecule has 0 heterocycles. The van der Waals surface area contributed by atoms with Crippen LogP contribution < -0.4 is 172 Å². The molecule has 0 aliphatic heterocycles. The largest absolute Gasteiger partial charge is 1.00 e. The van der Waals surface area contributed by atoms with Crippen LogP contribution in [0.1, 0.15) is 2.85 Å². The second-order valence-electron chi connectivity index (χ2n) is 4.66. The third kappa shape index (κ3) is 25.5. The van der Waals surface area contributed by atoms with Crippen LogP contribution in [-0.2, 0) is 28.8 Å². The minimum Gasteiger partial charge on any atom is -1.00 e. The van der Waals surface area contributed by atoms with E-state index in [9.17, 15) is 39.0 Å². The van der Waals surface area contributed by atoms with Gasteiger partial charge in [-0.3, -0.25) is 0 Å². The Bertz CT molecular complexity index is 520. The van der Waals surface area contributed by atoms with Gasteiger partial charge in [-0.15, -0.1) is 0 Å². The van der Waals surface area contributed by atoms with Crippen LogP contribution >= 0.6 is 0 Å². The monoisotopic (exact) mass is 574 g/mol. The van der Waals surface area contributed by atoms with Crippen molar-refractivity contribution in [2.24, 2.45) is 0 Å². The number of carbonyl (C=O) groups excluding carboxylic acids is 2. The maximum Gasteiger partial charge on any atom is 1.00 e. The Morgan fingerprint density at radius 2 is 0.559 bits per heavy atom. The Balaban J connectivity index is -0.0000000401. The van der Waals surface area contributed by atoms with E-state index in [0.717, 1.165) is 0 Å². The predicted molar refractivity (Wildman–Crippen MR) is 78.8 cm³/mol. The van der Waals surface area contributed by atoms with Crippen molar-refractivity contribution in [1.29, 1.82) is 0 Å². The molecule has 178 valence electrons. The molecular formula is C12H18K2Na2O18. The van der Waals surface area contributed by atoms with E-state index in [0.29, 0.717) is 0 Å². The van der Waals surface area contributed by atoms with E-state index in [1.54, 1.807) is 0 Å². The zero-order valence-electron chi connectivity index (χ0n) is 20.2. The molecule has 0 saturated heterocycles. The van der Waals surface area contributed by atoms with Crippen LogP contribution in [0, 0.1) is 0 Å². The maximum absolute atomic E-state index is 9.77. The molecule has 0 aromatic heterocycles. The van der Waals surface area contributed by atoms with Crippen molar-refractivity contribution in [1.82, 2.24) is 0 Å². The molecule has 6 atom stereocenters. The number of carboxylic acids is 6. The molecule has 0 rings (SSSR count). The Labute approximate surface area is 321 Å². The molecule has 0 aromatic carbocycles. The SMILES string of the molecule is O=C(O)C(O)C(O)C(=O)O.O=C(O)C(O)C(O)C(=O)O.O=C([O-])C(O)C(O)C(=O)[O-].[H-].[H-].[K+].[K+].[Na+].[Na+]. The van der Waals surface area contributed by atoms with E-state index in [4.69, 9.17) is 51.1 Å². The molecule has 0 aliphatic carbocycles. The van der Waals surface area contributed by atoms with E-state index < -0.39 is 72.4 Å². The van der Waals surface area contributed by atoms with Crippen LogP contribution in [0.4, 0.5) is 0 Å². The second kappa shape index (κ2) is 27.9. The molecule has 0 spiro atoms. The molecule has 18 nitrogen and oxygen atoms in total. The first-order valence-electron chi connectivity index (χ1n) is 6.81. The third-order valence-corrected chi connectivity index (χ3v) is 2.39. The first kappa shape index (κ1) is 52.3. The van der Waals surface area contributed by atoms with Crippen LogP contribution in [0.5, 0.6) is 0 Å². The van der Waals surface area contributed by atoms with Crippen molar-refractivity contribution >= 4 is 35.8 Å². The normalized spacial score (nSPS) is 13.9. The summed E-state index contributed by atoms with van der Waals surface area (Å²) in [5.41, 5.74) is 0. The van der Waals surface area contributed by atoms with Crippen molar-refractivity contribution < 1.29 is 255 Å². The average Bonchev–Trinajstić information content (AvgIpc) is 2.64. The Morgan fingerprint density at radius 1 is 0.441 bits per heavy atom. The summed E-state index contributed by atoms with van der Waals surface area (Å²) in [6.07, 6.45) is -13.9. The molecule has 0 fully saturated rings. The summed E-state index contributed by atoms with van der Waals surface area (Å²) < 4.78 is 0. The maximum atomic E-state index is 9.77. The molecule has 0 radical (unpaired) electrons. The van der Waals surface area contributed by atoms with Gasteiger partial charge in [0, 0.05) is 0 Å². The summed E-state index contributed by atoms with van der Waals surface area (Å²) in [5.74, 6) is -11.2. The molecular weight excluding hydrogens is 556 g/mol. The van der Waals surface area contributed by atoms with Gasteiger partial charge in [0.15, 0.2) is 24.4 Å². The Morgan fingerprint density at radius 3 is 0.618 bits per heavy atom. The summed E-state index contributed by atoms with van der Waals surface area (Å²) in [6.45, 7) is 0. The van der Waals surface area contributed by atoms with Gasteiger partial charge in [0.25, 0.3) is 0 Å². The second-order valence-corrected chi connectivity index (χ2v) is 4.66. The van der Waals surface area contributed by atoms with Crippen molar-refractivity contribution in [3.05, 3.63) is 0 Å². The first-order valence-corrected chi connectivity index (χ1v) is 6.81. The third-order valence-electron chi connectivity index (χ3n) is 2.39. The quantitative estimate of drug-likeness (QED) is 0.114. The van der Waals surface area contributed by atoms with Crippen molar-refractivity contribution in [3.63, 3.8) is 0 Å². The van der Waals surface area contributed by atoms with Gasteiger partial charge in [0.05, 0.1) is 11.9 Å². The fraction of sp³-hybridized carbons (Fsp3) is 0.500. The number of rotatable bonds is 9. The number of hydrogen-bond acceptors (Lipinski definition) is 14. The number of aliphatic hydroxyl groups excluding tert-OH is 6. The predicted octanol–water partition coefficient (Wildman–Crippen LogP) is -20.8. The summed E-state index contributed by atoms with van der Waals surface area (Å²) in [5, 5.41) is 101. The summed E-state index contributed by atoms with van der Waals surface area (Å²) in [7, 11) is 0. The minimum atomic E-state index is -2.44. The fourth-order valence-electron chi connectivity index (χ4n) is 0.798. The van der Waals surface area contributed by atoms with E-state index in [1.165, 1.54) is 0 Å². The number of aliphatic hydroxyl groups is 6. The van der Waals surface area contributed by atoms with Crippen LogP contribution in [0.15, 0.2) is 0 Å². The average molecular weight is 574 g/mol. The van der Waals surface area contributed by atoms with Gasteiger partial charge in [0.1, 0.15) is 12.2 Å². The van der Waals surface area contributed by atoms with Gasteiger partial charge in [0.2, 0.25) is 0 Å². The number of hydrogen-bond donors (Lipinski definition) is 10.